The van der Waals surface area contributed by atoms with Crippen molar-refractivity contribution in [3.63, 3.8) is 0 Å². The van der Waals surface area contributed by atoms with Crippen molar-refractivity contribution in [3.05, 3.63) is 61.7 Å². The molecule has 0 fully saturated rings. The Morgan fingerprint density at radius 1 is 0.400 bits per heavy atom. The summed E-state index contributed by atoms with van der Waals surface area (Å²) < 4.78 is 0. The molecule has 0 atom stereocenters. The predicted molar refractivity (Wildman–Crippen MR) is 123 cm³/mol. The van der Waals surface area contributed by atoms with E-state index >= 15 is 0 Å². The van der Waals surface area contributed by atoms with Crippen LogP contribution in [0.3, 0.4) is 0 Å². The minimum absolute atomic E-state index is 0.833. The highest BCUT2D eigenvalue weighted by molar-refractivity contribution is 4.79. The highest BCUT2D eigenvalue weighted by Gasteiger charge is 1.69. The molecule has 0 saturated heterocycles. The summed E-state index contributed by atoms with van der Waals surface area (Å²) in [7, 11) is 0. The number of hydrogen-bond donors (Lipinski definition) is 0. The first-order valence-corrected chi connectivity index (χ1v) is 10.1. The first kappa shape index (κ1) is 31.8. The molecule has 3 aromatic rings. The molecule has 3 rings (SSSR count). The maximum Gasteiger partial charge on any atom is 0.138 e. The number of nitrogens with zero attached hydrogens (tertiary/aromatic N) is 8. The molecule has 30 heavy (non-hydrogen) atoms. The van der Waals surface area contributed by atoms with E-state index in [1.807, 2.05) is 12.1 Å². The van der Waals surface area contributed by atoms with Gasteiger partial charge in [-0.3, -0.25) is 0 Å². The van der Waals surface area contributed by atoms with E-state index in [-0.39, 0.29) is 0 Å². The van der Waals surface area contributed by atoms with Crippen molar-refractivity contribution in [1.82, 2.24) is 40.8 Å². The summed E-state index contributed by atoms with van der Waals surface area (Å²) in [5, 5.41) is 24.1. The van der Waals surface area contributed by atoms with Crippen LogP contribution in [0.25, 0.3) is 0 Å². The van der Waals surface area contributed by atoms with Gasteiger partial charge in [-0.2, -0.15) is 15.3 Å². The molecule has 8 nitrogen and oxygen atoms in total. The third-order valence-corrected chi connectivity index (χ3v) is 1.30. The summed E-state index contributed by atoms with van der Waals surface area (Å²) in [4.78, 5) is 3.61. The van der Waals surface area contributed by atoms with Gasteiger partial charge in [-0.05, 0) is 41.2 Å². The van der Waals surface area contributed by atoms with Crippen LogP contribution in [0, 0.1) is 17.8 Å². The Labute approximate surface area is 183 Å². The lowest BCUT2D eigenvalue weighted by Gasteiger charge is -1.79. The monoisotopic (exact) mass is 416 g/mol. The van der Waals surface area contributed by atoms with Crippen LogP contribution in [-0.2, 0) is 0 Å². The highest BCUT2D eigenvalue weighted by atomic mass is 15.3. The molecule has 0 aliphatic rings. The molecule has 0 spiro atoms. The van der Waals surface area contributed by atoms with Gasteiger partial charge in [0.15, 0.2) is 0 Å². The molecule has 0 saturated carbocycles. The summed E-state index contributed by atoms with van der Waals surface area (Å²) in [6, 6.07) is 5.37. The standard InChI is InChI=1S/C4H4N2.3C4H10.2C3H3N3/c1-2-4-6-5-3-1;3*1-4(2)3;1-2-5-6-3-4-1;1-2-4-6-5-3-1/h1-4H;3*4H,1-3H3;2*1-3H. The van der Waals surface area contributed by atoms with Crippen LogP contribution < -0.4 is 0 Å². The summed E-state index contributed by atoms with van der Waals surface area (Å²) >= 11 is 0. The van der Waals surface area contributed by atoms with E-state index < -0.39 is 0 Å². The van der Waals surface area contributed by atoms with Gasteiger partial charge in [-0.25, -0.2) is 4.98 Å². The first-order chi connectivity index (χ1) is 14.2. The van der Waals surface area contributed by atoms with Crippen LogP contribution in [-0.4, -0.2) is 40.8 Å². The molecule has 0 amide bonds. The third-order valence-electron chi connectivity index (χ3n) is 1.30. The molecule has 168 valence electrons. The Balaban J connectivity index is -0.000000296. The zero-order valence-electron chi connectivity index (χ0n) is 20.1. The van der Waals surface area contributed by atoms with Crippen molar-refractivity contribution in [2.45, 2.75) is 62.3 Å². The molecular formula is C22H40N8. The van der Waals surface area contributed by atoms with Gasteiger partial charge in [-0.15, -0.1) is 15.3 Å². The van der Waals surface area contributed by atoms with Crippen LogP contribution in [0.15, 0.2) is 61.7 Å². The second-order valence-electron chi connectivity index (χ2n) is 7.71. The Hall–Kier alpha value is -2.90. The van der Waals surface area contributed by atoms with Gasteiger partial charge in [-0.1, -0.05) is 62.3 Å². The van der Waals surface area contributed by atoms with E-state index in [2.05, 4.69) is 103 Å². The Morgan fingerprint density at radius 2 is 0.767 bits per heavy atom. The lowest BCUT2D eigenvalue weighted by atomic mass is 10.3. The average Bonchev–Trinajstić information content (AvgIpc) is 2.72. The molecule has 0 radical (unpaired) electrons. The Kier molecular flexibility index (Phi) is 30.0. The number of aromatic nitrogens is 8. The van der Waals surface area contributed by atoms with Crippen LogP contribution in [0.1, 0.15) is 62.3 Å². The van der Waals surface area contributed by atoms with Crippen molar-refractivity contribution < 1.29 is 0 Å². The minimum atomic E-state index is 0.833. The van der Waals surface area contributed by atoms with Gasteiger partial charge in [0.05, 0.1) is 18.6 Å². The fourth-order valence-corrected chi connectivity index (χ4v) is 0.663. The maximum absolute atomic E-state index is 3.61. The summed E-state index contributed by atoms with van der Waals surface area (Å²) in [5.41, 5.74) is 0. The minimum Gasteiger partial charge on any atom is -0.241 e. The van der Waals surface area contributed by atoms with Crippen molar-refractivity contribution in [2.75, 3.05) is 0 Å². The van der Waals surface area contributed by atoms with Crippen LogP contribution in [0.4, 0.5) is 0 Å². The van der Waals surface area contributed by atoms with Gasteiger partial charge in [0.25, 0.3) is 0 Å². The molecule has 0 aliphatic heterocycles. The molecule has 0 N–H and O–H groups in total. The molecular weight excluding hydrogens is 376 g/mol. The molecule has 0 bridgehead atoms. The van der Waals surface area contributed by atoms with E-state index in [4.69, 9.17) is 0 Å². The van der Waals surface area contributed by atoms with Crippen LogP contribution in [0.5, 0.6) is 0 Å². The molecule has 8 heteroatoms. The van der Waals surface area contributed by atoms with E-state index in [1.165, 1.54) is 12.5 Å². The molecule has 3 heterocycles. The van der Waals surface area contributed by atoms with Crippen molar-refractivity contribution in [2.24, 2.45) is 17.8 Å². The average molecular weight is 417 g/mol. The quantitative estimate of drug-likeness (QED) is 0.492. The molecule has 0 unspecified atom stereocenters. The third kappa shape index (κ3) is 63.9. The lowest BCUT2D eigenvalue weighted by Crippen LogP contribution is -1.78. The van der Waals surface area contributed by atoms with Gasteiger partial charge in [0.2, 0.25) is 0 Å². The fraction of sp³-hybridized carbons (Fsp3) is 0.545. The van der Waals surface area contributed by atoms with Gasteiger partial charge >= 0.3 is 0 Å². The zero-order chi connectivity index (χ0) is 23.5. The lowest BCUT2D eigenvalue weighted by molar-refractivity contribution is 0.736. The van der Waals surface area contributed by atoms with E-state index in [1.54, 1.807) is 37.1 Å². The second kappa shape index (κ2) is 28.3. The molecule has 0 aliphatic carbocycles. The summed E-state index contributed by atoms with van der Waals surface area (Å²) in [6.07, 6.45) is 10.9. The second-order valence-corrected chi connectivity index (χ2v) is 7.71. The van der Waals surface area contributed by atoms with Crippen LogP contribution >= 0.6 is 0 Å². The van der Waals surface area contributed by atoms with E-state index in [0.717, 1.165) is 17.8 Å². The molecule has 3 aromatic heterocycles. The van der Waals surface area contributed by atoms with E-state index in [9.17, 15) is 0 Å². The Morgan fingerprint density at radius 3 is 0.867 bits per heavy atom. The van der Waals surface area contributed by atoms with Crippen molar-refractivity contribution in [1.29, 1.82) is 0 Å². The van der Waals surface area contributed by atoms with Gasteiger partial charge in [0.1, 0.15) is 6.33 Å². The molecule has 0 aromatic carbocycles. The van der Waals surface area contributed by atoms with E-state index in [0.29, 0.717) is 0 Å². The normalized spacial score (nSPS) is 8.40. The predicted octanol–water partition coefficient (Wildman–Crippen LogP) is 5.21. The van der Waals surface area contributed by atoms with Gasteiger partial charge < -0.3 is 0 Å². The smallest absolute Gasteiger partial charge is 0.138 e. The first-order valence-electron chi connectivity index (χ1n) is 10.1. The zero-order valence-corrected chi connectivity index (χ0v) is 20.1. The SMILES string of the molecule is CC(C)C.CC(C)C.CC(C)C.c1ccnnc1.c1cnncn1.c1cnnnc1. The van der Waals surface area contributed by atoms with Crippen molar-refractivity contribution in [3.8, 4) is 0 Å². The number of hydrogen-bond acceptors (Lipinski definition) is 8. The topological polar surface area (TPSA) is 103 Å². The largest absolute Gasteiger partial charge is 0.241 e. The number of rotatable bonds is 0. The van der Waals surface area contributed by atoms with Gasteiger partial charge in [0, 0.05) is 18.6 Å². The van der Waals surface area contributed by atoms with Crippen LogP contribution in [0.2, 0.25) is 0 Å². The maximum atomic E-state index is 3.61. The summed E-state index contributed by atoms with van der Waals surface area (Å²) in [5.74, 6) is 2.50. The van der Waals surface area contributed by atoms with Crippen molar-refractivity contribution >= 4 is 0 Å². The fourth-order valence-electron chi connectivity index (χ4n) is 0.663. The summed E-state index contributed by atoms with van der Waals surface area (Å²) in [6.45, 7) is 19.5. The Bertz CT molecular complexity index is 416. The highest BCUT2D eigenvalue weighted by Crippen LogP contribution is 1.82.